The Kier molecular flexibility index (Phi) is 12.5. The first-order chi connectivity index (χ1) is 20.6. The molecule has 5 nitrogen and oxygen atoms in total. The van der Waals surface area contributed by atoms with Gasteiger partial charge in [0.15, 0.2) is 0 Å². The van der Waals surface area contributed by atoms with Gasteiger partial charge in [-0.25, -0.2) is 0 Å². The summed E-state index contributed by atoms with van der Waals surface area (Å²) in [6.45, 7) is 16.9. The Hall–Kier alpha value is -4.45. The minimum Gasteiger partial charge on any atom is -0.352 e. The molecule has 0 spiro atoms. The topological polar surface area (TPSA) is 65.8 Å². The fourth-order valence-electron chi connectivity index (χ4n) is 4.69. The van der Waals surface area contributed by atoms with Crippen LogP contribution < -0.4 is 16.1 Å². The highest BCUT2D eigenvalue weighted by Gasteiger charge is 2.16. The van der Waals surface area contributed by atoms with Gasteiger partial charge in [0.05, 0.1) is 0 Å². The molecule has 0 aliphatic heterocycles. The maximum atomic E-state index is 12.7. The maximum absolute atomic E-state index is 12.7. The van der Waals surface area contributed by atoms with Gasteiger partial charge in [0.25, 0.3) is 5.91 Å². The Bertz CT molecular complexity index is 1510. The molecule has 0 saturated carbocycles. The van der Waals surface area contributed by atoms with Gasteiger partial charge in [-0.05, 0) is 74.9 Å². The van der Waals surface area contributed by atoms with Gasteiger partial charge in [0.2, 0.25) is 0 Å². The Morgan fingerprint density at radius 1 is 0.953 bits per heavy atom. The number of benzene rings is 3. The molecule has 43 heavy (non-hydrogen) atoms. The van der Waals surface area contributed by atoms with Crippen LogP contribution in [-0.2, 0) is 6.42 Å². The molecule has 0 saturated heterocycles. The molecular formula is C37H45BN4O. The first-order valence-electron chi connectivity index (χ1n) is 14.9. The van der Waals surface area contributed by atoms with Crippen molar-refractivity contribution in [2.24, 2.45) is 9.98 Å². The van der Waals surface area contributed by atoms with Gasteiger partial charge in [-0.1, -0.05) is 89.9 Å². The lowest BCUT2D eigenvalue weighted by Crippen LogP contribution is -2.33. The summed E-state index contributed by atoms with van der Waals surface area (Å²) in [5, 5.41) is 6.31. The summed E-state index contributed by atoms with van der Waals surface area (Å²) in [5.41, 5.74) is 10.7. The fraction of sp³-hybridized carbons (Fsp3) is 0.270. The molecule has 0 heterocycles. The zero-order valence-electron chi connectivity index (χ0n) is 26.6. The third-order valence-electron chi connectivity index (χ3n) is 7.37. The normalized spacial score (nSPS) is 12.3. The highest BCUT2D eigenvalue weighted by atomic mass is 16.1. The van der Waals surface area contributed by atoms with Crippen LogP contribution >= 0.6 is 0 Å². The van der Waals surface area contributed by atoms with Crippen LogP contribution in [0.2, 0.25) is 0 Å². The number of rotatable bonds is 13. The molecule has 2 N–H and O–H groups in total. The zero-order chi connectivity index (χ0) is 31.4. The Morgan fingerprint density at radius 3 is 2.12 bits per heavy atom. The van der Waals surface area contributed by atoms with Crippen LogP contribution in [-0.4, -0.2) is 44.9 Å². The van der Waals surface area contributed by atoms with Gasteiger partial charge in [-0.15, -0.1) is 6.58 Å². The number of amides is 1. The van der Waals surface area contributed by atoms with Crippen LogP contribution in [0.5, 0.6) is 0 Å². The number of carbonyl (C=O) groups is 1. The van der Waals surface area contributed by atoms with Crippen LogP contribution in [0.4, 0.5) is 0 Å². The van der Waals surface area contributed by atoms with Crippen molar-refractivity contribution in [3.63, 3.8) is 0 Å². The van der Waals surface area contributed by atoms with Gasteiger partial charge < -0.3 is 10.6 Å². The third kappa shape index (κ3) is 10.1. The summed E-state index contributed by atoms with van der Waals surface area (Å²) >= 11 is 0. The standard InChI is InChI=1S/C37H45BN4O/c1-8-10-34(36(39-7)41-26(4)5)42-35(23-27(6)25(2)3)31-17-13-29(14-18-31)30-15-19-32(20-16-30)37(43)40-22-21-28-11-9-12-33(38)24-28/h8-9,11-20,24,34H,1,4,10,21-23,38H2,2-3,5-7H3,(H,39,41)(H,40,43)/b42-35+. The second kappa shape index (κ2) is 16.3. The molecule has 1 unspecified atom stereocenters. The van der Waals surface area contributed by atoms with Gasteiger partial charge in [-0.2, -0.15) is 0 Å². The van der Waals surface area contributed by atoms with E-state index in [2.05, 4.69) is 106 Å². The number of nitrogens with zero attached hydrogens (tertiary/aromatic N) is 2. The van der Waals surface area contributed by atoms with E-state index in [9.17, 15) is 4.79 Å². The van der Waals surface area contributed by atoms with Crippen molar-refractivity contribution in [3.8, 4) is 11.1 Å². The van der Waals surface area contributed by atoms with E-state index in [-0.39, 0.29) is 11.9 Å². The van der Waals surface area contributed by atoms with Crippen molar-refractivity contribution >= 4 is 30.8 Å². The second-order valence-corrected chi connectivity index (χ2v) is 11.2. The van der Waals surface area contributed by atoms with Crippen molar-refractivity contribution in [2.75, 3.05) is 13.6 Å². The number of carbonyl (C=O) groups excluding carboxylic acids is 1. The van der Waals surface area contributed by atoms with Gasteiger partial charge >= 0.3 is 0 Å². The molecule has 1 amide bonds. The molecule has 1 atom stereocenters. The summed E-state index contributed by atoms with van der Waals surface area (Å²) in [6.07, 6.45) is 4.09. The predicted octanol–water partition coefficient (Wildman–Crippen LogP) is 6.22. The predicted molar refractivity (Wildman–Crippen MR) is 188 cm³/mol. The molecule has 0 fully saturated rings. The molecule has 0 aliphatic rings. The summed E-state index contributed by atoms with van der Waals surface area (Å²) < 4.78 is 0. The van der Waals surface area contributed by atoms with E-state index in [0.29, 0.717) is 18.5 Å². The molecule has 0 radical (unpaired) electrons. The summed E-state index contributed by atoms with van der Waals surface area (Å²) in [4.78, 5) is 22.4. The lowest BCUT2D eigenvalue weighted by atomic mass is 9.94. The number of allylic oxidation sites excluding steroid dienone is 3. The van der Waals surface area contributed by atoms with E-state index in [1.54, 1.807) is 7.05 Å². The molecular weight excluding hydrogens is 527 g/mol. The number of aliphatic imine (C=N–C) groups is 2. The molecule has 222 valence electrons. The smallest absolute Gasteiger partial charge is 0.251 e. The Balaban J connectivity index is 1.78. The Morgan fingerprint density at radius 2 is 1.58 bits per heavy atom. The first-order valence-corrected chi connectivity index (χ1v) is 14.9. The third-order valence-corrected chi connectivity index (χ3v) is 7.37. The van der Waals surface area contributed by atoms with Crippen molar-refractivity contribution < 1.29 is 4.79 Å². The molecule has 0 bridgehead atoms. The average Bonchev–Trinajstić information content (AvgIpc) is 2.99. The fourth-order valence-corrected chi connectivity index (χ4v) is 4.69. The lowest BCUT2D eigenvalue weighted by Gasteiger charge is -2.19. The van der Waals surface area contributed by atoms with Gasteiger partial charge in [0.1, 0.15) is 19.7 Å². The highest BCUT2D eigenvalue weighted by Crippen LogP contribution is 2.23. The van der Waals surface area contributed by atoms with Crippen molar-refractivity contribution in [2.45, 2.75) is 53.0 Å². The van der Waals surface area contributed by atoms with E-state index in [1.165, 1.54) is 22.2 Å². The van der Waals surface area contributed by atoms with Crippen LogP contribution in [0.15, 0.2) is 119 Å². The molecule has 3 aromatic rings. The van der Waals surface area contributed by atoms with Crippen molar-refractivity contribution in [1.82, 2.24) is 10.6 Å². The maximum Gasteiger partial charge on any atom is 0.251 e. The van der Waals surface area contributed by atoms with Crippen LogP contribution in [0.1, 0.15) is 62.0 Å². The Labute approximate surface area is 259 Å². The van der Waals surface area contributed by atoms with Gasteiger partial charge in [-0.3, -0.25) is 14.8 Å². The summed E-state index contributed by atoms with van der Waals surface area (Å²) in [5.74, 6) is 0.714. The molecule has 0 aromatic heterocycles. The molecule has 6 heteroatoms. The van der Waals surface area contributed by atoms with E-state index in [4.69, 9.17) is 4.99 Å². The van der Waals surface area contributed by atoms with Crippen LogP contribution in [0, 0.1) is 0 Å². The lowest BCUT2D eigenvalue weighted by molar-refractivity contribution is 0.0954. The van der Waals surface area contributed by atoms with E-state index < -0.39 is 0 Å². The van der Waals surface area contributed by atoms with Crippen LogP contribution in [0.3, 0.4) is 0 Å². The molecule has 3 rings (SSSR count). The first kappa shape index (κ1) is 33.1. The van der Waals surface area contributed by atoms with Crippen molar-refractivity contribution in [1.29, 1.82) is 0 Å². The van der Waals surface area contributed by atoms with Crippen molar-refractivity contribution in [3.05, 3.63) is 126 Å². The quantitative estimate of drug-likeness (QED) is 0.111. The van der Waals surface area contributed by atoms with Crippen LogP contribution in [0.25, 0.3) is 11.1 Å². The number of amidine groups is 1. The monoisotopic (exact) mass is 572 g/mol. The van der Waals surface area contributed by atoms with Gasteiger partial charge in [0, 0.05) is 37.0 Å². The second-order valence-electron chi connectivity index (χ2n) is 11.2. The molecule has 0 aliphatic carbocycles. The summed E-state index contributed by atoms with van der Waals surface area (Å²) in [6, 6.07) is 24.4. The van der Waals surface area contributed by atoms with E-state index in [1.807, 2.05) is 37.3 Å². The number of nitrogens with one attached hydrogen (secondary N) is 2. The minimum atomic E-state index is -0.186. The number of hydrogen-bond acceptors (Lipinski definition) is 3. The highest BCUT2D eigenvalue weighted by molar-refractivity contribution is 6.32. The minimum absolute atomic E-state index is 0.0600. The number of hydrogen-bond donors (Lipinski definition) is 2. The molecule has 3 aromatic carbocycles. The van der Waals surface area contributed by atoms with E-state index in [0.717, 1.165) is 46.8 Å². The zero-order valence-corrected chi connectivity index (χ0v) is 26.6. The van der Waals surface area contributed by atoms with E-state index >= 15 is 0 Å². The average molecular weight is 573 g/mol. The summed E-state index contributed by atoms with van der Waals surface area (Å²) in [7, 11) is 3.85. The SMILES string of the molecule is Bc1cccc(CCNC(=O)c2ccc(-c3ccc(/C(CC(C)=C(C)C)=N/C(CC=C)/C(=N/C)NC(=C)C)cc3)cc2)c1. The largest absolute Gasteiger partial charge is 0.352 e.